The van der Waals surface area contributed by atoms with Crippen molar-refractivity contribution in [3.63, 3.8) is 0 Å². The summed E-state index contributed by atoms with van der Waals surface area (Å²) in [6.45, 7) is 3.87. The van der Waals surface area contributed by atoms with Gasteiger partial charge in [0.25, 0.3) is 0 Å². The highest BCUT2D eigenvalue weighted by molar-refractivity contribution is 7.89. The number of benzene rings is 1. The van der Waals surface area contributed by atoms with Gasteiger partial charge in [-0.3, -0.25) is 0 Å². The molecule has 0 atom stereocenters. The van der Waals surface area contributed by atoms with Gasteiger partial charge in [-0.05, 0) is 24.6 Å². The zero-order valence-electron chi connectivity index (χ0n) is 12.1. The van der Waals surface area contributed by atoms with E-state index in [-0.39, 0.29) is 4.90 Å². The molecule has 0 aliphatic carbocycles. The molecule has 0 aliphatic rings. The number of rotatable bonds is 8. The lowest BCUT2D eigenvalue weighted by Gasteiger charge is -2.05. The summed E-state index contributed by atoms with van der Waals surface area (Å²) in [4.78, 5) is 3.25. The Labute approximate surface area is 125 Å². The van der Waals surface area contributed by atoms with Crippen molar-refractivity contribution >= 4 is 10.0 Å². The Morgan fingerprint density at radius 3 is 2.67 bits per heavy atom. The highest BCUT2D eigenvalue weighted by atomic mass is 32.2. The van der Waals surface area contributed by atoms with Crippen LogP contribution in [0, 0.1) is 0 Å². The van der Waals surface area contributed by atoms with E-state index in [9.17, 15) is 8.42 Å². The number of nitrogens with one attached hydrogen (secondary N) is 3. The summed E-state index contributed by atoms with van der Waals surface area (Å²) in [7, 11) is -3.44. The second-order valence-corrected chi connectivity index (χ2v) is 6.54. The average molecular weight is 307 g/mol. The van der Waals surface area contributed by atoms with Crippen molar-refractivity contribution in [3.05, 3.63) is 53.9 Å². The summed E-state index contributed by atoms with van der Waals surface area (Å²) >= 11 is 0. The molecule has 21 heavy (non-hydrogen) atoms. The molecule has 5 nitrogen and oxygen atoms in total. The number of aromatic nitrogens is 1. The van der Waals surface area contributed by atoms with Gasteiger partial charge in [0.15, 0.2) is 0 Å². The van der Waals surface area contributed by atoms with E-state index < -0.39 is 10.0 Å². The van der Waals surface area contributed by atoms with E-state index in [1.807, 2.05) is 37.3 Å². The predicted molar refractivity (Wildman–Crippen MR) is 83.5 cm³/mol. The van der Waals surface area contributed by atoms with Crippen LogP contribution in [-0.2, 0) is 23.0 Å². The fourth-order valence-corrected chi connectivity index (χ4v) is 3.04. The van der Waals surface area contributed by atoms with Crippen LogP contribution in [0.1, 0.15) is 18.2 Å². The minimum atomic E-state index is -3.44. The van der Waals surface area contributed by atoms with Crippen LogP contribution in [0.3, 0.4) is 0 Å². The third-order valence-electron chi connectivity index (χ3n) is 3.14. The molecule has 0 spiro atoms. The number of H-pyrrole nitrogens is 1. The summed E-state index contributed by atoms with van der Waals surface area (Å²) in [5.74, 6) is 0. The molecule has 1 heterocycles. The Hall–Kier alpha value is -1.63. The van der Waals surface area contributed by atoms with Crippen LogP contribution in [-0.4, -0.2) is 26.5 Å². The quantitative estimate of drug-likeness (QED) is 0.694. The molecule has 0 aliphatic heterocycles. The molecule has 1 aromatic heterocycles. The summed E-state index contributed by atoms with van der Waals surface area (Å²) in [6.07, 6.45) is 2.20. The lowest BCUT2D eigenvalue weighted by molar-refractivity contribution is 0.582. The highest BCUT2D eigenvalue weighted by Gasteiger charge is 2.15. The molecule has 2 aromatic rings. The van der Waals surface area contributed by atoms with Crippen LogP contribution in [0.15, 0.2) is 47.5 Å². The van der Waals surface area contributed by atoms with Crippen molar-refractivity contribution in [2.24, 2.45) is 0 Å². The molecule has 0 amide bonds. The Balaban J connectivity index is 1.90. The normalized spacial score (nSPS) is 11.7. The SMILES string of the molecule is CCNCc1cc(S(=O)(=O)NCCc2ccccc2)c[nH]1. The largest absolute Gasteiger partial charge is 0.363 e. The molecule has 2 rings (SSSR count). The average Bonchev–Trinajstić information content (AvgIpc) is 2.96. The zero-order valence-corrected chi connectivity index (χ0v) is 12.9. The van der Waals surface area contributed by atoms with E-state index in [1.165, 1.54) is 6.20 Å². The standard InChI is InChI=1S/C15H21N3O2S/c1-2-16-11-14-10-15(12-17-14)21(19,20)18-9-8-13-6-4-3-5-7-13/h3-7,10,12,16-18H,2,8-9,11H2,1H3. The predicted octanol–water partition coefficient (Wildman–Crippen LogP) is 1.65. The van der Waals surface area contributed by atoms with Crippen LogP contribution in [0.5, 0.6) is 0 Å². The van der Waals surface area contributed by atoms with Crippen molar-refractivity contribution in [1.82, 2.24) is 15.0 Å². The van der Waals surface area contributed by atoms with Gasteiger partial charge >= 0.3 is 0 Å². The van der Waals surface area contributed by atoms with Gasteiger partial charge in [0, 0.05) is 25.0 Å². The van der Waals surface area contributed by atoms with Crippen LogP contribution >= 0.6 is 0 Å². The first kappa shape index (κ1) is 15.8. The minimum Gasteiger partial charge on any atom is -0.363 e. The van der Waals surface area contributed by atoms with Gasteiger partial charge in [0.2, 0.25) is 10.0 Å². The summed E-state index contributed by atoms with van der Waals surface area (Å²) < 4.78 is 26.9. The lowest BCUT2D eigenvalue weighted by Crippen LogP contribution is -2.25. The van der Waals surface area contributed by atoms with Crippen LogP contribution in [0.4, 0.5) is 0 Å². The molecule has 0 unspecified atom stereocenters. The molecular weight excluding hydrogens is 286 g/mol. The topological polar surface area (TPSA) is 74.0 Å². The molecule has 0 radical (unpaired) electrons. The van der Waals surface area contributed by atoms with E-state index in [4.69, 9.17) is 0 Å². The first-order valence-electron chi connectivity index (χ1n) is 7.03. The Morgan fingerprint density at radius 2 is 1.95 bits per heavy atom. The van der Waals surface area contributed by atoms with E-state index in [1.54, 1.807) is 6.07 Å². The summed E-state index contributed by atoms with van der Waals surface area (Å²) in [5, 5.41) is 3.15. The van der Waals surface area contributed by atoms with Gasteiger partial charge < -0.3 is 10.3 Å². The Bertz CT molecular complexity index is 651. The Kier molecular flexibility index (Phi) is 5.55. The third kappa shape index (κ3) is 4.70. The van der Waals surface area contributed by atoms with Gasteiger partial charge in [0.1, 0.15) is 0 Å². The zero-order chi connectivity index (χ0) is 15.1. The van der Waals surface area contributed by atoms with E-state index in [2.05, 4.69) is 15.0 Å². The van der Waals surface area contributed by atoms with Crippen LogP contribution < -0.4 is 10.0 Å². The maximum absolute atomic E-state index is 12.2. The molecule has 1 aromatic carbocycles. The van der Waals surface area contributed by atoms with Gasteiger partial charge in [-0.15, -0.1) is 0 Å². The first-order valence-corrected chi connectivity index (χ1v) is 8.52. The van der Waals surface area contributed by atoms with Crippen molar-refractivity contribution in [2.75, 3.05) is 13.1 Å². The maximum Gasteiger partial charge on any atom is 0.242 e. The van der Waals surface area contributed by atoms with Gasteiger partial charge in [-0.1, -0.05) is 37.3 Å². The molecule has 0 saturated heterocycles. The van der Waals surface area contributed by atoms with E-state index >= 15 is 0 Å². The van der Waals surface area contributed by atoms with E-state index in [0.29, 0.717) is 19.5 Å². The minimum absolute atomic E-state index is 0.281. The monoisotopic (exact) mass is 307 g/mol. The molecule has 6 heteroatoms. The number of hydrogen-bond acceptors (Lipinski definition) is 3. The molecule has 3 N–H and O–H groups in total. The molecule has 114 valence electrons. The number of aromatic amines is 1. The molecule has 0 saturated carbocycles. The van der Waals surface area contributed by atoms with Crippen molar-refractivity contribution < 1.29 is 8.42 Å². The van der Waals surface area contributed by atoms with Crippen molar-refractivity contribution in [1.29, 1.82) is 0 Å². The lowest BCUT2D eigenvalue weighted by atomic mass is 10.2. The van der Waals surface area contributed by atoms with Crippen LogP contribution in [0.25, 0.3) is 0 Å². The van der Waals surface area contributed by atoms with Crippen molar-refractivity contribution in [2.45, 2.75) is 24.8 Å². The van der Waals surface area contributed by atoms with Gasteiger partial charge in [-0.25, -0.2) is 13.1 Å². The first-order chi connectivity index (χ1) is 10.1. The molecule has 0 bridgehead atoms. The second kappa shape index (κ2) is 7.40. The fraction of sp³-hybridized carbons (Fsp3) is 0.333. The van der Waals surface area contributed by atoms with E-state index in [0.717, 1.165) is 17.8 Å². The summed E-state index contributed by atoms with van der Waals surface area (Å²) in [6, 6.07) is 11.5. The molecule has 0 fully saturated rings. The van der Waals surface area contributed by atoms with Gasteiger partial charge in [-0.2, -0.15) is 0 Å². The maximum atomic E-state index is 12.2. The van der Waals surface area contributed by atoms with Crippen LogP contribution in [0.2, 0.25) is 0 Å². The highest BCUT2D eigenvalue weighted by Crippen LogP contribution is 2.10. The number of hydrogen-bond donors (Lipinski definition) is 3. The Morgan fingerprint density at radius 1 is 1.19 bits per heavy atom. The smallest absolute Gasteiger partial charge is 0.242 e. The second-order valence-electron chi connectivity index (χ2n) is 4.77. The number of sulfonamides is 1. The third-order valence-corrected chi connectivity index (χ3v) is 4.58. The van der Waals surface area contributed by atoms with Gasteiger partial charge in [0.05, 0.1) is 4.90 Å². The summed E-state index contributed by atoms with van der Waals surface area (Å²) in [5.41, 5.74) is 1.97. The van der Waals surface area contributed by atoms with Crippen molar-refractivity contribution in [3.8, 4) is 0 Å². The fourth-order valence-electron chi connectivity index (χ4n) is 1.99. The molecular formula is C15H21N3O2S.